The fourth-order valence-corrected chi connectivity index (χ4v) is 3.45. The minimum atomic E-state index is 0.655. The Hall–Kier alpha value is -1.32. The summed E-state index contributed by atoms with van der Waals surface area (Å²) in [4.78, 5) is 11.1. The van der Waals surface area contributed by atoms with E-state index in [4.69, 9.17) is 4.74 Å². The molecule has 1 aliphatic heterocycles. The molecule has 1 saturated carbocycles. The molecule has 98 valence electrons. The van der Waals surface area contributed by atoms with Gasteiger partial charge in [0.2, 0.25) is 5.88 Å². The van der Waals surface area contributed by atoms with Crippen molar-refractivity contribution in [1.82, 2.24) is 9.97 Å². The van der Waals surface area contributed by atoms with E-state index < -0.39 is 0 Å². The van der Waals surface area contributed by atoms with Gasteiger partial charge in [0, 0.05) is 18.7 Å². The Bertz CT molecular complexity index is 410. The first-order valence-electron chi connectivity index (χ1n) is 7.10. The SMILES string of the molecule is CCOc1cc(N2CCCC3CCCC32)ncn1. The van der Waals surface area contributed by atoms with Gasteiger partial charge < -0.3 is 9.64 Å². The topological polar surface area (TPSA) is 38.2 Å². The minimum Gasteiger partial charge on any atom is -0.478 e. The van der Waals surface area contributed by atoms with Gasteiger partial charge in [0.05, 0.1) is 6.61 Å². The molecule has 1 aromatic rings. The molecule has 0 spiro atoms. The third-order valence-corrected chi connectivity index (χ3v) is 4.21. The molecule has 2 atom stereocenters. The van der Waals surface area contributed by atoms with Crippen LogP contribution in [-0.4, -0.2) is 29.2 Å². The maximum atomic E-state index is 5.47. The maximum Gasteiger partial charge on any atom is 0.218 e. The zero-order valence-electron chi connectivity index (χ0n) is 11.0. The van der Waals surface area contributed by atoms with Crippen molar-refractivity contribution >= 4 is 5.82 Å². The number of ether oxygens (including phenoxy) is 1. The highest BCUT2D eigenvalue weighted by Crippen LogP contribution is 2.38. The van der Waals surface area contributed by atoms with E-state index in [9.17, 15) is 0 Å². The molecule has 18 heavy (non-hydrogen) atoms. The summed E-state index contributed by atoms with van der Waals surface area (Å²) in [5.41, 5.74) is 0. The number of nitrogens with zero attached hydrogens (tertiary/aromatic N) is 3. The fourth-order valence-electron chi connectivity index (χ4n) is 3.45. The van der Waals surface area contributed by atoms with Crippen LogP contribution in [0.4, 0.5) is 5.82 Å². The molecule has 0 amide bonds. The highest BCUT2D eigenvalue weighted by atomic mass is 16.5. The largest absolute Gasteiger partial charge is 0.478 e. The molecule has 4 heteroatoms. The smallest absolute Gasteiger partial charge is 0.218 e. The summed E-state index contributed by atoms with van der Waals surface area (Å²) in [5, 5.41) is 0. The maximum absolute atomic E-state index is 5.47. The second-order valence-corrected chi connectivity index (χ2v) is 5.24. The van der Waals surface area contributed by atoms with Crippen LogP contribution in [0.1, 0.15) is 39.0 Å². The van der Waals surface area contributed by atoms with Crippen LogP contribution in [-0.2, 0) is 0 Å². The van der Waals surface area contributed by atoms with Crippen LogP contribution in [0.25, 0.3) is 0 Å². The molecule has 2 heterocycles. The Labute approximate surface area is 108 Å². The van der Waals surface area contributed by atoms with Gasteiger partial charge in [-0.1, -0.05) is 6.42 Å². The summed E-state index contributed by atoms with van der Waals surface area (Å²) in [7, 11) is 0. The summed E-state index contributed by atoms with van der Waals surface area (Å²) in [6, 6.07) is 2.69. The lowest BCUT2D eigenvalue weighted by Crippen LogP contribution is -2.43. The van der Waals surface area contributed by atoms with Crippen molar-refractivity contribution in [3.05, 3.63) is 12.4 Å². The number of piperidine rings is 1. The van der Waals surface area contributed by atoms with Crippen molar-refractivity contribution in [3.8, 4) is 5.88 Å². The number of rotatable bonds is 3. The monoisotopic (exact) mass is 247 g/mol. The first-order valence-corrected chi connectivity index (χ1v) is 7.10. The summed E-state index contributed by atoms with van der Waals surface area (Å²) >= 11 is 0. The van der Waals surface area contributed by atoms with Crippen molar-refractivity contribution in [3.63, 3.8) is 0 Å². The molecule has 3 rings (SSSR count). The van der Waals surface area contributed by atoms with E-state index in [2.05, 4.69) is 14.9 Å². The lowest BCUT2D eigenvalue weighted by atomic mass is 9.92. The van der Waals surface area contributed by atoms with Crippen molar-refractivity contribution in [2.24, 2.45) is 5.92 Å². The molecular weight excluding hydrogens is 226 g/mol. The highest BCUT2D eigenvalue weighted by molar-refractivity contribution is 5.43. The van der Waals surface area contributed by atoms with Crippen LogP contribution in [0.2, 0.25) is 0 Å². The molecule has 1 aliphatic carbocycles. The van der Waals surface area contributed by atoms with Crippen molar-refractivity contribution in [2.75, 3.05) is 18.1 Å². The molecule has 0 N–H and O–H groups in total. The second kappa shape index (κ2) is 5.12. The van der Waals surface area contributed by atoms with Crippen molar-refractivity contribution < 1.29 is 4.74 Å². The van der Waals surface area contributed by atoms with Crippen LogP contribution in [0, 0.1) is 5.92 Å². The van der Waals surface area contributed by atoms with Crippen LogP contribution in [0.3, 0.4) is 0 Å². The van der Waals surface area contributed by atoms with Gasteiger partial charge in [-0.25, -0.2) is 9.97 Å². The van der Waals surface area contributed by atoms with E-state index in [1.165, 1.54) is 32.1 Å². The van der Waals surface area contributed by atoms with Gasteiger partial charge in [-0.3, -0.25) is 0 Å². The molecule has 2 unspecified atom stereocenters. The molecule has 0 radical (unpaired) electrons. The number of hydrogen-bond acceptors (Lipinski definition) is 4. The molecular formula is C14H21N3O. The average molecular weight is 247 g/mol. The van der Waals surface area contributed by atoms with E-state index in [0.29, 0.717) is 18.5 Å². The highest BCUT2D eigenvalue weighted by Gasteiger charge is 2.35. The lowest BCUT2D eigenvalue weighted by Gasteiger charge is -2.38. The van der Waals surface area contributed by atoms with E-state index in [1.807, 2.05) is 13.0 Å². The zero-order valence-corrected chi connectivity index (χ0v) is 11.0. The first-order chi connectivity index (χ1) is 8.88. The fraction of sp³-hybridized carbons (Fsp3) is 0.714. The van der Waals surface area contributed by atoms with E-state index in [1.54, 1.807) is 6.33 Å². The van der Waals surface area contributed by atoms with Crippen molar-refractivity contribution in [2.45, 2.75) is 45.1 Å². The molecule has 2 fully saturated rings. The lowest BCUT2D eigenvalue weighted by molar-refractivity contribution is 0.324. The number of anilines is 1. The van der Waals surface area contributed by atoms with E-state index in [0.717, 1.165) is 18.3 Å². The predicted molar refractivity (Wildman–Crippen MR) is 70.9 cm³/mol. The Balaban J connectivity index is 1.82. The van der Waals surface area contributed by atoms with Gasteiger partial charge >= 0.3 is 0 Å². The number of aromatic nitrogens is 2. The van der Waals surface area contributed by atoms with E-state index >= 15 is 0 Å². The van der Waals surface area contributed by atoms with Crippen molar-refractivity contribution in [1.29, 1.82) is 0 Å². The molecule has 0 aromatic carbocycles. The number of hydrogen-bond donors (Lipinski definition) is 0. The van der Waals surface area contributed by atoms with Gasteiger partial charge in [-0.15, -0.1) is 0 Å². The number of fused-ring (bicyclic) bond motifs is 1. The van der Waals surface area contributed by atoms with Crippen LogP contribution < -0.4 is 9.64 Å². The average Bonchev–Trinajstić information content (AvgIpc) is 2.87. The Morgan fingerprint density at radius 1 is 1.28 bits per heavy atom. The van der Waals surface area contributed by atoms with Gasteiger partial charge in [0.1, 0.15) is 12.1 Å². The van der Waals surface area contributed by atoms with Gasteiger partial charge in [-0.05, 0) is 38.5 Å². The van der Waals surface area contributed by atoms with Crippen LogP contribution >= 0.6 is 0 Å². The second-order valence-electron chi connectivity index (χ2n) is 5.24. The minimum absolute atomic E-state index is 0.655. The van der Waals surface area contributed by atoms with Gasteiger partial charge in [0.25, 0.3) is 0 Å². The van der Waals surface area contributed by atoms with Crippen LogP contribution in [0.15, 0.2) is 12.4 Å². The molecule has 1 aromatic heterocycles. The summed E-state index contributed by atoms with van der Waals surface area (Å²) in [6.45, 7) is 3.77. The third kappa shape index (κ3) is 2.16. The van der Waals surface area contributed by atoms with Crippen LogP contribution in [0.5, 0.6) is 5.88 Å². The third-order valence-electron chi connectivity index (χ3n) is 4.21. The predicted octanol–water partition coefficient (Wildman–Crippen LogP) is 2.64. The summed E-state index contributed by atoms with van der Waals surface area (Å²) in [5.74, 6) is 2.62. The Morgan fingerprint density at radius 3 is 3.06 bits per heavy atom. The molecule has 1 saturated heterocycles. The Morgan fingerprint density at radius 2 is 2.17 bits per heavy atom. The first kappa shape index (κ1) is 11.8. The molecule has 2 aliphatic rings. The van der Waals surface area contributed by atoms with E-state index in [-0.39, 0.29) is 0 Å². The van der Waals surface area contributed by atoms with Gasteiger partial charge in [-0.2, -0.15) is 0 Å². The standard InChI is InChI=1S/C14H21N3O/c1-2-18-14-9-13(15-10-16-14)17-8-4-6-11-5-3-7-12(11)17/h9-12H,2-8H2,1H3. The zero-order chi connectivity index (χ0) is 12.4. The van der Waals surface area contributed by atoms with Gasteiger partial charge in [0.15, 0.2) is 0 Å². The molecule has 4 nitrogen and oxygen atoms in total. The summed E-state index contributed by atoms with van der Waals surface area (Å²) < 4.78 is 5.47. The quantitative estimate of drug-likeness (QED) is 0.823. The molecule has 0 bridgehead atoms. The Kier molecular flexibility index (Phi) is 3.35. The summed E-state index contributed by atoms with van der Waals surface area (Å²) in [6.07, 6.45) is 8.39. The normalized spacial score (nSPS) is 27.1.